The summed E-state index contributed by atoms with van der Waals surface area (Å²) in [4.78, 5) is 13.9. The highest BCUT2D eigenvalue weighted by Gasteiger charge is 2.49. The van der Waals surface area contributed by atoms with Gasteiger partial charge in [0.15, 0.2) is 18.2 Å². The third-order valence-electron chi connectivity index (χ3n) is 8.86. The molecule has 0 saturated carbocycles. The van der Waals surface area contributed by atoms with Gasteiger partial charge in [-0.2, -0.15) is 0 Å². The first-order valence-corrected chi connectivity index (χ1v) is 15.6. The van der Waals surface area contributed by atoms with E-state index in [1.54, 1.807) is 0 Å². The van der Waals surface area contributed by atoms with Crippen molar-refractivity contribution in [2.45, 2.75) is 99.9 Å². The van der Waals surface area contributed by atoms with Gasteiger partial charge in [-0.05, 0) is 38.1 Å². The minimum Gasteiger partial charge on any atom is -0.508 e. The summed E-state index contributed by atoms with van der Waals surface area (Å²) in [5.74, 6) is -1.81. The van der Waals surface area contributed by atoms with Gasteiger partial charge in [0.25, 0.3) is 0 Å². The molecule has 0 radical (unpaired) electrons. The highest BCUT2D eigenvalue weighted by Crippen LogP contribution is 2.39. The van der Waals surface area contributed by atoms with Crippen LogP contribution < -0.4 is 14.9 Å². The topological polar surface area (TPSA) is 288 Å². The highest BCUT2D eigenvalue weighted by atomic mass is 16.8. The lowest BCUT2D eigenvalue weighted by atomic mass is 9.99. The van der Waals surface area contributed by atoms with Gasteiger partial charge in [-0.25, -0.2) is 0 Å². The molecule has 274 valence electrons. The van der Waals surface area contributed by atoms with Crippen LogP contribution in [-0.2, 0) is 18.9 Å². The van der Waals surface area contributed by atoms with E-state index in [-0.39, 0.29) is 28.4 Å². The Morgan fingerprint density at radius 3 is 2.00 bits per heavy atom. The van der Waals surface area contributed by atoms with E-state index in [1.807, 2.05) is 0 Å². The maximum Gasteiger partial charge on any atom is 0.239 e. The van der Waals surface area contributed by atoms with Crippen LogP contribution >= 0.6 is 0 Å². The number of aliphatic hydroxyl groups is 8. The Hall–Kier alpha value is -3.63. The maximum atomic E-state index is 13.9. The van der Waals surface area contributed by atoms with Crippen molar-refractivity contribution in [2.24, 2.45) is 0 Å². The van der Waals surface area contributed by atoms with Crippen molar-refractivity contribution in [1.29, 1.82) is 0 Å². The van der Waals surface area contributed by atoms with Crippen LogP contribution in [0.1, 0.15) is 13.8 Å². The molecule has 0 amide bonds. The number of phenols is 2. The number of aromatic hydroxyl groups is 2. The van der Waals surface area contributed by atoms with E-state index >= 15 is 0 Å². The van der Waals surface area contributed by atoms with Gasteiger partial charge in [-0.1, -0.05) is 0 Å². The zero-order chi connectivity index (χ0) is 36.2. The molecular weight excluding hydrogens is 672 g/mol. The fourth-order valence-electron chi connectivity index (χ4n) is 5.89. The van der Waals surface area contributed by atoms with Crippen LogP contribution in [0.4, 0.5) is 0 Å². The van der Waals surface area contributed by atoms with Crippen LogP contribution in [0.5, 0.6) is 23.0 Å². The summed E-state index contributed by atoms with van der Waals surface area (Å²) in [6.45, 7) is 2.43. The Balaban J connectivity index is 1.37. The molecular formula is C32H38O18. The first-order valence-electron chi connectivity index (χ1n) is 15.6. The Labute approximate surface area is 282 Å². The predicted octanol–water partition coefficient (Wildman–Crippen LogP) is -2.25. The molecule has 4 heterocycles. The van der Waals surface area contributed by atoms with Crippen molar-refractivity contribution in [3.05, 3.63) is 46.6 Å². The third-order valence-corrected chi connectivity index (χ3v) is 8.86. The number of ether oxygens (including phenoxy) is 6. The number of benzene rings is 2. The van der Waals surface area contributed by atoms with Crippen molar-refractivity contribution >= 4 is 11.0 Å². The maximum absolute atomic E-state index is 13.9. The molecule has 6 rings (SSSR count). The zero-order valence-electron chi connectivity index (χ0n) is 26.5. The molecule has 14 atom stereocenters. The summed E-state index contributed by atoms with van der Waals surface area (Å²) < 4.78 is 39.9. The number of hydrogen-bond donors (Lipinski definition) is 10. The Kier molecular flexibility index (Phi) is 10.3. The molecule has 1 aromatic heterocycles. The van der Waals surface area contributed by atoms with Crippen molar-refractivity contribution in [3.8, 4) is 34.3 Å². The average Bonchev–Trinajstić information content (AvgIpc) is 3.08. The fourth-order valence-corrected chi connectivity index (χ4v) is 5.89. The van der Waals surface area contributed by atoms with Gasteiger partial charge in [0.2, 0.25) is 23.8 Å². The summed E-state index contributed by atoms with van der Waals surface area (Å²) in [5, 5.41) is 103. The molecule has 3 aliphatic heterocycles. The van der Waals surface area contributed by atoms with Gasteiger partial charge in [0.05, 0.1) is 18.8 Å². The van der Waals surface area contributed by atoms with Crippen LogP contribution in [0.15, 0.2) is 45.6 Å². The second-order valence-electron chi connectivity index (χ2n) is 12.4. The van der Waals surface area contributed by atoms with Crippen LogP contribution in [-0.4, -0.2) is 144 Å². The van der Waals surface area contributed by atoms with Crippen LogP contribution in [0.25, 0.3) is 22.3 Å². The molecule has 0 spiro atoms. The van der Waals surface area contributed by atoms with Gasteiger partial charge in [-0.15, -0.1) is 0 Å². The molecule has 0 bridgehead atoms. The lowest BCUT2D eigenvalue weighted by Crippen LogP contribution is -2.62. The monoisotopic (exact) mass is 710 g/mol. The molecule has 18 heteroatoms. The van der Waals surface area contributed by atoms with E-state index in [1.165, 1.54) is 44.2 Å². The van der Waals surface area contributed by atoms with E-state index in [9.17, 15) is 55.9 Å². The Morgan fingerprint density at radius 2 is 1.32 bits per heavy atom. The molecule has 18 nitrogen and oxygen atoms in total. The Morgan fingerprint density at radius 1 is 0.700 bits per heavy atom. The van der Waals surface area contributed by atoms with Gasteiger partial charge in [-0.3, -0.25) is 4.79 Å². The summed E-state index contributed by atoms with van der Waals surface area (Å²) in [6, 6.07) is 7.55. The summed E-state index contributed by atoms with van der Waals surface area (Å²) in [7, 11) is 0. The SMILES string of the molecule is CC1O[C@@H](Oc2c(-c3ccc(O)cc3)oc3cc(O[C@@H]4OC(C)[C@H](O)C(O)[C@@H]4O[C@@H]4OC[C@@H](O)[C@H](O)C4O)cc(O)c3c2=O)[C@@H](O)C(O)[C@H]1O. The minimum absolute atomic E-state index is 0.118. The van der Waals surface area contributed by atoms with E-state index in [0.717, 1.165) is 6.07 Å². The quantitative estimate of drug-likeness (QED) is 0.124. The van der Waals surface area contributed by atoms with Gasteiger partial charge in [0, 0.05) is 17.7 Å². The second-order valence-corrected chi connectivity index (χ2v) is 12.4. The summed E-state index contributed by atoms with van der Waals surface area (Å²) in [6.07, 6.45) is -21.4. The lowest BCUT2D eigenvalue weighted by Gasteiger charge is -2.44. The molecule has 50 heavy (non-hydrogen) atoms. The zero-order valence-corrected chi connectivity index (χ0v) is 26.5. The number of rotatable bonds is 7. The highest BCUT2D eigenvalue weighted by molar-refractivity contribution is 5.88. The predicted molar refractivity (Wildman–Crippen MR) is 164 cm³/mol. The lowest BCUT2D eigenvalue weighted by molar-refractivity contribution is -0.341. The number of fused-ring (bicyclic) bond motifs is 1. The van der Waals surface area contributed by atoms with E-state index in [0.29, 0.717) is 0 Å². The van der Waals surface area contributed by atoms with E-state index in [4.69, 9.17) is 32.8 Å². The smallest absolute Gasteiger partial charge is 0.239 e. The van der Waals surface area contributed by atoms with Crippen molar-refractivity contribution in [3.63, 3.8) is 0 Å². The minimum atomic E-state index is -1.80. The standard InChI is InChI=1S/C32H38O18/c1-10-19(36)23(40)26(43)31(45-10)49-28-22(39)18-15(34)7-14(8-17(18)48-27(28)12-3-5-13(33)6-4-12)47-32-29(24(41)20(37)11(2)46-32)50-30-25(42)21(38)16(35)9-44-30/h3-8,10-11,16,19-21,23-26,29-38,40-43H,9H2,1-2H3/t10?,11?,16-,19+,20+,21+,23?,24?,25?,26+,29+,30+,31+,32+/m1/s1. The first-order chi connectivity index (χ1) is 23.7. The summed E-state index contributed by atoms with van der Waals surface area (Å²) in [5.41, 5.74) is -1.02. The average molecular weight is 711 g/mol. The van der Waals surface area contributed by atoms with Crippen molar-refractivity contribution in [1.82, 2.24) is 0 Å². The number of aliphatic hydroxyl groups excluding tert-OH is 8. The molecule has 2 aromatic carbocycles. The summed E-state index contributed by atoms with van der Waals surface area (Å²) >= 11 is 0. The van der Waals surface area contributed by atoms with Gasteiger partial charge < -0.3 is 83.9 Å². The van der Waals surface area contributed by atoms with Gasteiger partial charge in [0.1, 0.15) is 77.0 Å². The fraction of sp³-hybridized carbons (Fsp3) is 0.531. The molecule has 3 aliphatic rings. The first kappa shape index (κ1) is 36.2. The van der Waals surface area contributed by atoms with Crippen LogP contribution in [0, 0.1) is 0 Å². The van der Waals surface area contributed by atoms with Gasteiger partial charge >= 0.3 is 0 Å². The molecule has 3 fully saturated rings. The van der Waals surface area contributed by atoms with Crippen molar-refractivity contribution in [2.75, 3.05) is 6.61 Å². The van der Waals surface area contributed by atoms with Crippen molar-refractivity contribution < 1.29 is 83.9 Å². The molecule has 0 aliphatic carbocycles. The third kappa shape index (κ3) is 6.73. The normalized spacial score (nSPS) is 37.8. The number of phenolic OH excluding ortho intramolecular Hbond substituents is 2. The molecule has 3 saturated heterocycles. The molecule has 3 aromatic rings. The van der Waals surface area contributed by atoms with Crippen LogP contribution in [0.3, 0.4) is 0 Å². The van der Waals surface area contributed by atoms with E-state index in [2.05, 4.69) is 0 Å². The molecule has 5 unspecified atom stereocenters. The van der Waals surface area contributed by atoms with Crippen LogP contribution in [0.2, 0.25) is 0 Å². The second kappa shape index (κ2) is 14.2. The van der Waals surface area contributed by atoms with E-state index < -0.39 is 115 Å². The largest absolute Gasteiger partial charge is 0.508 e. The molecule has 10 N–H and O–H groups in total. The Bertz CT molecular complexity index is 1710. The number of hydrogen-bond acceptors (Lipinski definition) is 18.